The Morgan fingerprint density at radius 2 is 1.71 bits per heavy atom. The van der Waals surface area contributed by atoms with Crippen LogP contribution in [0.2, 0.25) is 0 Å². The number of aromatic amines is 1. The van der Waals surface area contributed by atoms with Crippen molar-refractivity contribution < 1.29 is 14.0 Å². The van der Waals surface area contributed by atoms with E-state index in [1.165, 1.54) is 17.0 Å². The summed E-state index contributed by atoms with van der Waals surface area (Å²) in [5, 5.41) is 7.44. The number of amides is 2. The number of carbonyl (C=O) groups is 2. The lowest BCUT2D eigenvalue weighted by Crippen LogP contribution is -2.28. The molecule has 0 aliphatic carbocycles. The van der Waals surface area contributed by atoms with Gasteiger partial charge in [-0.1, -0.05) is 48.5 Å². The first-order valence-electron chi connectivity index (χ1n) is 12.0. The van der Waals surface area contributed by atoms with Gasteiger partial charge in [0, 0.05) is 36.3 Å². The second-order valence-corrected chi connectivity index (χ2v) is 8.85. The van der Waals surface area contributed by atoms with Crippen molar-refractivity contribution in [1.82, 2.24) is 19.7 Å². The topological polar surface area (TPSA) is 126 Å². The molecule has 3 aromatic heterocycles. The molecule has 4 heterocycles. The smallest absolute Gasteiger partial charge is 0.252 e. The molecule has 0 spiro atoms. The van der Waals surface area contributed by atoms with Gasteiger partial charge in [-0.15, -0.1) is 0 Å². The Kier molecular flexibility index (Phi) is 5.89. The fourth-order valence-electron chi connectivity index (χ4n) is 4.45. The molecular weight excluding hydrogens is 484 g/mol. The number of anilines is 2. The predicted octanol–water partition coefficient (Wildman–Crippen LogP) is 3.87. The molecule has 2 N–H and O–H groups in total. The van der Waals surface area contributed by atoms with Crippen molar-refractivity contribution in [2.24, 2.45) is 5.92 Å². The maximum Gasteiger partial charge on any atom is 0.252 e. The third-order valence-electron chi connectivity index (χ3n) is 6.30. The Balaban J connectivity index is 1.34. The van der Waals surface area contributed by atoms with Gasteiger partial charge in [-0.05, 0) is 24.3 Å². The van der Waals surface area contributed by atoms with Crippen LogP contribution in [0.3, 0.4) is 0 Å². The summed E-state index contributed by atoms with van der Waals surface area (Å²) in [7, 11) is 0. The van der Waals surface area contributed by atoms with E-state index >= 15 is 0 Å². The molecule has 10 nitrogen and oxygen atoms in total. The molecule has 0 radical (unpaired) electrons. The Morgan fingerprint density at radius 1 is 0.947 bits per heavy atom. The molecule has 2 aromatic carbocycles. The minimum Gasteiger partial charge on any atom is -0.463 e. The maximum atomic E-state index is 13.3. The van der Waals surface area contributed by atoms with Gasteiger partial charge in [0.2, 0.25) is 17.8 Å². The number of rotatable bonds is 6. The van der Waals surface area contributed by atoms with Gasteiger partial charge in [-0.3, -0.25) is 19.4 Å². The van der Waals surface area contributed by atoms with Gasteiger partial charge in [-0.2, -0.15) is 9.78 Å². The molecule has 6 rings (SSSR count). The second kappa shape index (κ2) is 9.66. The molecule has 1 aliphatic heterocycles. The number of carbonyl (C=O) groups excluding carboxylic acids is 2. The van der Waals surface area contributed by atoms with E-state index in [2.05, 4.69) is 20.4 Å². The molecule has 10 heteroatoms. The van der Waals surface area contributed by atoms with Gasteiger partial charge in [0.25, 0.3) is 5.56 Å². The summed E-state index contributed by atoms with van der Waals surface area (Å²) >= 11 is 0. The lowest BCUT2D eigenvalue weighted by atomic mass is 10.1. The van der Waals surface area contributed by atoms with Crippen LogP contribution in [0.1, 0.15) is 6.42 Å². The van der Waals surface area contributed by atoms with Gasteiger partial charge in [0.1, 0.15) is 11.5 Å². The van der Waals surface area contributed by atoms with E-state index in [0.717, 1.165) is 11.3 Å². The third kappa shape index (κ3) is 4.50. The summed E-state index contributed by atoms with van der Waals surface area (Å²) in [5.74, 6) is -0.153. The van der Waals surface area contributed by atoms with Crippen molar-refractivity contribution in [1.29, 1.82) is 0 Å². The van der Waals surface area contributed by atoms with Crippen LogP contribution in [0.25, 0.3) is 28.7 Å². The average molecular weight is 507 g/mol. The Morgan fingerprint density at radius 3 is 2.45 bits per heavy atom. The first kappa shape index (κ1) is 23.2. The normalized spacial score (nSPS) is 15.1. The summed E-state index contributed by atoms with van der Waals surface area (Å²) in [6.07, 6.45) is 1.60. The zero-order valence-corrected chi connectivity index (χ0v) is 20.1. The fraction of sp³-hybridized carbons (Fsp3) is 0.107. The molecule has 1 unspecified atom stereocenters. The first-order valence-corrected chi connectivity index (χ1v) is 12.0. The van der Waals surface area contributed by atoms with E-state index in [-0.39, 0.29) is 42.1 Å². The Labute approximate surface area is 216 Å². The predicted molar refractivity (Wildman–Crippen MR) is 141 cm³/mol. The number of aromatic nitrogens is 4. The third-order valence-corrected chi connectivity index (χ3v) is 6.30. The maximum absolute atomic E-state index is 13.3. The zero-order chi connectivity index (χ0) is 26.1. The molecule has 1 saturated heterocycles. The summed E-state index contributed by atoms with van der Waals surface area (Å²) < 4.78 is 6.85. The largest absolute Gasteiger partial charge is 0.463 e. The van der Waals surface area contributed by atoms with E-state index in [0.29, 0.717) is 17.1 Å². The molecule has 1 aliphatic rings. The van der Waals surface area contributed by atoms with Crippen molar-refractivity contribution in [2.75, 3.05) is 16.8 Å². The molecule has 1 fully saturated rings. The molecule has 2 amide bonds. The van der Waals surface area contributed by atoms with Crippen LogP contribution in [0.5, 0.6) is 0 Å². The van der Waals surface area contributed by atoms with Crippen LogP contribution < -0.4 is 15.8 Å². The number of nitrogens with one attached hydrogen (secondary N) is 2. The molecule has 0 bridgehead atoms. The van der Waals surface area contributed by atoms with Crippen LogP contribution in [0, 0.1) is 5.92 Å². The average Bonchev–Trinajstić information content (AvgIpc) is 3.69. The lowest BCUT2D eigenvalue weighted by molar-refractivity contribution is -0.122. The SMILES string of the molecule is O=C(Nc1cc(-c2ccco2)nn1-c1nc(-c2ccccc2)cc(=O)[nH]1)C1CC(=O)N(c2ccccc2)C1. The summed E-state index contributed by atoms with van der Waals surface area (Å²) in [6, 6.07) is 25.0. The van der Waals surface area contributed by atoms with Crippen molar-refractivity contribution in [3.8, 4) is 28.7 Å². The number of hydrogen-bond acceptors (Lipinski definition) is 6. The lowest BCUT2D eigenvalue weighted by Gasteiger charge is -2.16. The molecule has 1 atom stereocenters. The minimum absolute atomic E-state index is 0.0818. The van der Waals surface area contributed by atoms with Gasteiger partial charge in [-0.25, -0.2) is 4.98 Å². The van der Waals surface area contributed by atoms with E-state index in [1.54, 1.807) is 23.1 Å². The summed E-state index contributed by atoms with van der Waals surface area (Å²) in [4.78, 5) is 47.5. The highest BCUT2D eigenvalue weighted by molar-refractivity contribution is 6.03. The van der Waals surface area contributed by atoms with Crippen molar-refractivity contribution in [2.45, 2.75) is 6.42 Å². The van der Waals surface area contributed by atoms with Crippen LogP contribution >= 0.6 is 0 Å². The fourth-order valence-corrected chi connectivity index (χ4v) is 4.45. The molecule has 0 saturated carbocycles. The van der Waals surface area contributed by atoms with Crippen LogP contribution in [-0.4, -0.2) is 38.1 Å². The number of para-hydroxylation sites is 1. The van der Waals surface area contributed by atoms with Gasteiger partial charge in [0.05, 0.1) is 17.9 Å². The van der Waals surface area contributed by atoms with Crippen molar-refractivity contribution in [3.05, 3.63) is 102 Å². The molecule has 188 valence electrons. The van der Waals surface area contributed by atoms with Crippen molar-refractivity contribution >= 4 is 23.3 Å². The van der Waals surface area contributed by atoms with E-state index < -0.39 is 5.92 Å². The Hall–Kier alpha value is -5.25. The van der Waals surface area contributed by atoms with Gasteiger partial charge < -0.3 is 14.6 Å². The van der Waals surface area contributed by atoms with Crippen LogP contribution in [0.15, 0.2) is 100 Å². The molecular formula is C28H22N6O4. The highest BCUT2D eigenvalue weighted by Gasteiger charge is 2.35. The highest BCUT2D eigenvalue weighted by atomic mass is 16.3. The Bertz CT molecular complexity index is 1660. The number of hydrogen-bond donors (Lipinski definition) is 2. The van der Waals surface area contributed by atoms with Crippen LogP contribution in [-0.2, 0) is 9.59 Å². The monoisotopic (exact) mass is 506 g/mol. The minimum atomic E-state index is -0.569. The standard InChI is InChI=1S/C28H22N6O4/c35-25-16-21(18-8-3-1-4-9-18)29-28(31-25)34-24(15-22(32-34)23-12-7-13-38-23)30-27(37)19-14-26(36)33(17-19)20-10-5-2-6-11-20/h1-13,15-16,19H,14,17H2,(H,30,37)(H,29,31,35). The van der Waals surface area contributed by atoms with Gasteiger partial charge >= 0.3 is 0 Å². The molecule has 5 aromatic rings. The highest BCUT2D eigenvalue weighted by Crippen LogP contribution is 2.28. The first-order chi connectivity index (χ1) is 18.5. The van der Waals surface area contributed by atoms with Gasteiger partial charge in [0.15, 0.2) is 5.76 Å². The van der Waals surface area contributed by atoms with Crippen LogP contribution in [0.4, 0.5) is 11.5 Å². The summed E-state index contributed by atoms with van der Waals surface area (Å²) in [5.41, 5.74) is 2.02. The van der Waals surface area contributed by atoms with E-state index in [1.807, 2.05) is 60.7 Å². The quantitative estimate of drug-likeness (QED) is 0.360. The van der Waals surface area contributed by atoms with E-state index in [4.69, 9.17) is 4.42 Å². The second-order valence-electron chi connectivity index (χ2n) is 8.85. The number of H-pyrrole nitrogens is 1. The van der Waals surface area contributed by atoms with E-state index in [9.17, 15) is 14.4 Å². The number of nitrogens with zero attached hydrogens (tertiary/aromatic N) is 4. The van der Waals surface area contributed by atoms with Crippen molar-refractivity contribution in [3.63, 3.8) is 0 Å². The molecule has 38 heavy (non-hydrogen) atoms. The summed E-state index contributed by atoms with van der Waals surface area (Å²) in [6.45, 7) is 0.256. The number of benzene rings is 2. The number of furan rings is 1. The zero-order valence-electron chi connectivity index (χ0n) is 20.1.